The molecule has 1 saturated carbocycles. The highest BCUT2D eigenvalue weighted by molar-refractivity contribution is 5.79. The van der Waals surface area contributed by atoms with Crippen LogP contribution in [0.15, 0.2) is 30.3 Å². The Morgan fingerprint density at radius 1 is 1.23 bits per heavy atom. The summed E-state index contributed by atoms with van der Waals surface area (Å²) in [6, 6.07) is 10.7. The van der Waals surface area contributed by atoms with Crippen molar-refractivity contribution in [2.24, 2.45) is 11.3 Å². The fourth-order valence-corrected chi connectivity index (χ4v) is 4.44. The minimum Gasteiger partial charge on any atom is -0.374 e. The molecule has 3 nitrogen and oxygen atoms in total. The van der Waals surface area contributed by atoms with Gasteiger partial charge in [-0.05, 0) is 49.5 Å². The second-order valence-corrected chi connectivity index (χ2v) is 7.45. The SMILES string of the molecule is O=C(NCC1(Cc2ccccc2)CCC1)C1CC2CCC1O2. The molecule has 3 atom stereocenters. The molecular formula is C19H25NO2. The number of carbonyl (C=O) groups is 1. The van der Waals surface area contributed by atoms with Gasteiger partial charge in [-0.15, -0.1) is 0 Å². The fraction of sp³-hybridized carbons (Fsp3) is 0.632. The first kappa shape index (κ1) is 14.3. The molecule has 1 N–H and O–H groups in total. The summed E-state index contributed by atoms with van der Waals surface area (Å²) >= 11 is 0. The molecule has 1 aliphatic carbocycles. The molecule has 1 aromatic carbocycles. The molecule has 118 valence electrons. The van der Waals surface area contributed by atoms with Crippen LogP contribution in [-0.2, 0) is 16.0 Å². The first-order chi connectivity index (χ1) is 10.7. The maximum absolute atomic E-state index is 12.5. The maximum Gasteiger partial charge on any atom is 0.225 e. The molecular weight excluding hydrogens is 274 g/mol. The lowest BCUT2D eigenvalue weighted by Crippen LogP contribution is -2.46. The molecule has 1 amide bonds. The normalized spacial score (nSPS) is 31.7. The molecule has 0 radical (unpaired) electrons. The van der Waals surface area contributed by atoms with Gasteiger partial charge >= 0.3 is 0 Å². The molecule has 1 aromatic rings. The van der Waals surface area contributed by atoms with Crippen LogP contribution in [0.5, 0.6) is 0 Å². The summed E-state index contributed by atoms with van der Waals surface area (Å²) < 4.78 is 5.81. The number of carbonyl (C=O) groups excluding carboxylic acids is 1. The lowest BCUT2D eigenvalue weighted by atomic mass is 9.65. The molecule has 2 aliphatic heterocycles. The number of hydrogen-bond donors (Lipinski definition) is 1. The predicted molar refractivity (Wildman–Crippen MR) is 85.4 cm³/mol. The van der Waals surface area contributed by atoms with Crippen molar-refractivity contribution in [2.45, 2.75) is 57.2 Å². The summed E-state index contributed by atoms with van der Waals surface area (Å²) in [6.07, 6.45) is 8.53. The zero-order valence-corrected chi connectivity index (χ0v) is 13.1. The molecule has 3 fully saturated rings. The molecule has 4 rings (SSSR count). The number of nitrogens with one attached hydrogen (secondary N) is 1. The van der Waals surface area contributed by atoms with E-state index in [1.54, 1.807) is 0 Å². The van der Waals surface area contributed by atoms with Crippen molar-refractivity contribution in [3.63, 3.8) is 0 Å². The molecule has 0 aromatic heterocycles. The molecule has 2 saturated heterocycles. The van der Waals surface area contributed by atoms with E-state index in [4.69, 9.17) is 4.74 Å². The van der Waals surface area contributed by atoms with Gasteiger partial charge in [0.1, 0.15) is 0 Å². The third kappa shape index (κ3) is 2.67. The quantitative estimate of drug-likeness (QED) is 0.907. The second kappa shape index (κ2) is 5.69. The number of benzene rings is 1. The van der Waals surface area contributed by atoms with Crippen LogP contribution < -0.4 is 5.32 Å². The van der Waals surface area contributed by atoms with Gasteiger partial charge in [-0.2, -0.15) is 0 Å². The van der Waals surface area contributed by atoms with E-state index in [1.165, 1.54) is 24.8 Å². The average molecular weight is 299 g/mol. The van der Waals surface area contributed by atoms with Gasteiger partial charge in [0.2, 0.25) is 5.91 Å². The molecule has 3 heteroatoms. The zero-order chi connectivity index (χ0) is 15.0. The third-order valence-electron chi connectivity index (χ3n) is 5.92. The lowest BCUT2D eigenvalue weighted by Gasteiger charge is -2.42. The summed E-state index contributed by atoms with van der Waals surface area (Å²) in [5, 5.41) is 3.25. The van der Waals surface area contributed by atoms with Crippen LogP contribution in [0, 0.1) is 11.3 Å². The summed E-state index contributed by atoms with van der Waals surface area (Å²) in [4.78, 5) is 12.5. The molecule has 22 heavy (non-hydrogen) atoms. The van der Waals surface area contributed by atoms with Gasteiger partial charge in [0.05, 0.1) is 18.1 Å². The van der Waals surface area contributed by atoms with Crippen molar-refractivity contribution in [1.29, 1.82) is 0 Å². The van der Waals surface area contributed by atoms with E-state index in [0.29, 0.717) is 6.10 Å². The van der Waals surface area contributed by atoms with Crippen LogP contribution in [0.4, 0.5) is 0 Å². The van der Waals surface area contributed by atoms with E-state index in [9.17, 15) is 4.79 Å². The van der Waals surface area contributed by atoms with Crippen molar-refractivity contribution in [1.82, 2.24) is 5.32 Å². The topological polar surface area (TPSA) is 38.3 Å². The van der Waals surface area contributed by atoms with E-state index in [-0.39, 0.29) is 23.3 Å². The van der Waals surface area contributed by atoms with Gasteiger partial charge in [-0.1, -0.05) is 36.8 Å². The van der Waals surface area contributed by atoms with Crippen molar-refractivity contribution in [3.05, 3.63) is 35.9 Å². The second-order valence-electron chi connectivity index (χ2n) is 7.45. The van der Waals surface area contributed by atoms with Gasteiger partial charge in [0.25, 0.3) is 0 Å². The number of ether oxygens (including phenoxy) is 1. The smallest absolute Gasteiger partial charge is 0.225 e. The summed E-state index contributed by atoms with van der Waals surface area (Å²) in [6.45, 7) is 0.828. The molecule has 3 aliphatic rings. The first-order valence-corrected chi connectivity index (χ1v) is 8.71. The Balaban J connectivity index is 1.34. The van der Waals surface area contributed by atoms with Crippen LogP contribution in [-0.4, -0.2) is 24.7 Å². The number of amides is 1. The first-order valence-electron chi connectivity index (χ1n) is 8.71. The van der Waals surface area contributed by atoms with Crippen molar-refractivity contribution >= 4 is 5.91 Å². The van der Waals surface area contributed by atoms with Crippen molar-refractivity contribution in [3.8, 4) is 0 Å². The third-order valence-corrected chi connectivity index (χ3v) is 5.92. The Bertz CT molecular complexity index is 538. The number of rotatable bonds is 5. The van der Waals surface area contributed by atoms with Crippen LogP contribution in [0.25, 0.3) is 0 Å². The zero-order valence-electron chi connectivity index (χ0n) is 13.1. The maximum atomic E-state index is 12.5. The highest BCUT2D eigenvalue weighted by Gasteiger charge is 2.45. The summed E-state index contributed by atoms with van der Waals surface area (Å²) in [5.74, 6) is 0.333. The summed E-state index contributed by atoms with van der Waals surface area (Å²) in [7, 11) is 0. The van der Waals surface area contributed by atoms with Crippen LogP contribution in [0.3, 0.4) is 0 Å². The standard InChI is InChI=1S/C19H25NO2/c21-18(16-11-15-7-8-17(16)22-15)20-13-19(9-4-10-19)12-14-5-2-1-3-6-14/h1-3,5-6,15-17H,4,7-13H2,(H,20,21). The minimum atomic E-state index is 0.104. The van der Waals surface area contributed by atoms with Gasteiger partial charge in [0.15, 0.2) is 0 Å². The Morgan fingerprint density at radius 2 is 2.05 bits per heavy atom. The molecule has 2 bridgehead atoms. The van der Waals surface area contributed by atoms with Crippen molar-refractivity contribution in [2.75, 3.05) is 6.54 Å². The number of hydrogen-bond acceptors (Lipinski definition) is 2. The Hall–Kier alpha value is -1.35. The minimum absolute atomic E-state index is 0.104. The monoisotopic (exact) mass is 299 g/mol. The predicted octanol–water partition coefficient (Wildman–Crippen LogP) is 3.08. The Kier molecular flexibility index (Phi) is 3.69. The van der Waals surface area contributed by atoms with Gasteiger partial charge in [-0.25, -0.2) is 0 Å². The van der Waals surface area contributed by atoms with Gasteiger partial charge in [-0.3, -0.25) is 4.79 Å². The van der Waals surface area contributed by atoms with Gasteiger partial charge in [0, 0.05) is 6.54 Å². The van der Waals surface area contributed by atoms with Crippen LogP contribution >= 0.6 is 0 Å². The van der Waals surface area contributed by atoms with Crippen LogP contribution in [0.1, 0.15) is 44.1 Å². The Labute approximate surface area is 132 Å². The summed E-state index contributed by atoms with van der Waals surface area (Å²) in [5.41, 5.74) is 1.68. The van der Waals surface area contributed by atoms with Crippen LogP contribution in [0.2, 0.25) is 0 Å². The van der Waals surface area contributed by atoms with Crippen molar-refractivity contribution < 1.29 is 9.53 Å². The molecule has 0 spiro atoms. The lowest BCUT2D eigenvalue weighted by molar-refractivity contribution is -0.127. The van der Waals surface area contributed by atoms with E-state index in [2.05, 4.69) is 35.6 Å². The van der Waals surface area contributed by atoms with Gasteiger partial charge < -0.3 is 10.1 Å². The van der Waals surface area contributed by atoms with E-state index in [1.807, 2.05) is 0 Å². The Morgan fingerprint density at radius 3 is 2.64 bits per heavy atom. The average Bonchev–Trinajstić information content (AvgIpc) is 3.13. The van der Waals surface area contributed by atoms with E-state index in [0.717, 1.165) is 32.2 Å². The molecule has 2 heterocycles. The highest BCUT2D eigenvalue weighted by atomic mass is 16.5. The van der Waals surface area contributed by atoms with E-state index < -0.39 is 0 Å². The van der Waals surface area contributed by atoms with E-state index >= 15 is 0 Å². The number of fused-ring (bicyclic) bond motifs is 2. The highest BCUT2D eigenvalue weighted by Crippen LogP contribution is 2.44. The largest absolute Gasteiger partial charge is 0.374 e. The fourth-order valence-electron chi connectivity index (χ4n) is 4.44. The molecule has 3 unspecified atom stereocenters.